The summed E-state index contributed by atoms with van der Waals surface area (Å²) in [6, 6.07) is 0.253. The number of hydrogen-bond donors (Lipinski definition) is 2. The molecule has 6 nitrogen and oxygen atoms in total. The summed E-state index contributed by atoms with van der Waals surface area (Å²) in [4.78, 5) is 12.1. The summed E-state index contributed by atoms with van der Waals surface area (Å²) in [7, 11) is 0. The number of carbonyl (C=O) groups excluding carboxylic acids is 1. The third kappa shape index (κ3) is 2.87. The Kier molecular flexibility index (Phi) is 4.30. The molecule has 0 saturated carbocycles. The van der Waals surface area contributed by atoms with Gasteiger partial charge in [0.25, 0.3) is 0 Å². The topological polar surface area (TPSA) is 71.8 Å². The van der Waals surface area contributed by atoms with E-state index in [9.17, 15) is 4.79 Å². The summed E-state index contributed by atoms with van der Waals surface area (Å²) < 4.78 is 1.93. The SMILES string of the molecule is CCn1cnnc1CNC(=O)C1CCCNC1C. The molecule has 1 aliphatic rings. The highest BCUT2D eigenvalue weighted by Crippen LogP contribution is 2.16. The van der Waals surface area contributed by atoms with Crippen LogP contribution in [0.5, 0.6) is 0 Å². The van der Waals surface area contributed by atoms with E-state index in [2.05, 4.69) is 27.8 Å². The molecule has 18 heavy (non-hydrogen) atoms. The van der Waals surface area contributed by atoms with Crippen LogP contribution in [0.4, 0.5) is 0 Å². The second-order valence-electron chi connectivity index (χ2n) is 4.74. The van der Waals surface area contributed by atoms with E-state index >= 15 is 0 Å². The fraction of sp³-hybridized carbons (Fsp3) is 0.750. The number of amides is 1. The van der Waals surface area contributed by atoms with Gasteiger partial charge in [0.05, 0.1) is 12.5 Å². The second-order valence-corrected chi connectivity index (χ2v) is 4.74. The van der Waals surface area contributed by atoms with Crippen molar-refractivity contribution in [3.05, 3.63) is 12.2 Å². The van der Waals surface area contributed by atoms with Gasteiger partial charge in [-0.05, 0) is 33.2 Å². The third-order valence-corrected chi connectivity index (χ3v) is 3.56. The Labute approximate surface area is 107 Å². The molecule has 2 atom stereocenters. The van der Waals surface area contributed by atoms with E-state index in [4.69, 9.17) is 0 Å². The van der Waals surface area contributed by atoms with Crippen molar-refractivity contribution in [1.29, 1.82) is 0 Å². The molecule has 0 aliphatic carbocycles. The van der Waals surface area contributed by atoms with E-state index < -0.39 is 0 Å². The van der Waals surface area contributed by atoms with Gasteiger partial charge in [0.15, 0.2) is 5.82 Å². The van der Waals surface area contributed by atoms with Gasteiger partial charge in [-0.15, -0.1) is 10.2 Å². The van der Waals surface area contributed by atoms with Crippen molar-refractivity contribution in [2.75, 3.05) is 6.54 Å². The molecule has 1 aromatic heterocycles. The summed E-state index contributed by atoms with van der Waals surface area (Å²) in [5.41, 5.74) is 0. The average Bonchev–Trinajstić information content (AvgIpc) is 2.84. The first-order valence-corrected chi connectivity index (χ1v) is 6.60. The van der Waals surface area contributed by atoms with E-state index in [1.54, 1.807) is 6.33 Å². The zero-order chi connectivity index (χ0) is 13.0. The number of aryl methyl sites for hydroxylation is 1. The lowest BCUT2D eigenvalue weighted by molar-refractivity contribution is -0.126. The van der Waals surface area contributed by atoms with E-state index in [1.807, 2.05) is 11.5 Å². The molecule has 1 amide bonds. The van der Waals surface area contributed by atoms with Gasteiger partial charge in [0.2, 0.25) is 5.91 Å². The first-order valence-electron chi connectivity index (χ1n) is 6.60. The average molecular weight is 251 g/mol. The summed E-state index contributed by atoms with van der Waals surface area (Å²) in [6.07, 6.45) is 3.71. The van der Waals surface area contributed by atoms with Crippen LogP contribution in [0, 0.1) is 5.92 Å². The van der Waals surface area contributed by atoms with Crippen molar-refractivity contribution >= 4 is 5.91 Å². The molecule has 2 heterocycles. The molecule has 1 saturated heterocycles. The molecule has 2 unspecified atom stereocenters. The van der Waals surface area contributed by atoms with Gasteiger partial charge in [0.1, 0.15) is 6.33 Å². The van der Waals surface area contributed by atoms with Gasteiger partial charge >= 0.3 is 0 Å². The quantitative estimate of drug-likeness (QED) is 0.807. The first-order chi connectivity index (χ1) is 8.72. The number of carbonyl (C=O) groups is 1. The number of nitrogens with one attached hydrogen (secondary N) is 2. The highest BCUT2D eigenvalue weighted by molar-refractivity contribution is 5.79. The van der Waals surface area contributed by atoms with Crippen molar-refractivity contribution in [1.82, 2.24) is 25.4 Å². The highest BCUT2D eigenvalue weighted by atomic mass is 16.1. The maximum atomic E-state index is 12.1. The number of hydrogen-bond acceptors (Lipinski definition) is 4. The van der Waals surface area contributed by atoms with Crippen molar-refractivity contribution in [2.45, 2.75) is 45.8 Å². The van der Waals surface area contributed by atoms with E-state index in [0.717, 1.165) is 31.8 Å². The zero-order valence-electron chi connectivity index (χ0n) is 11.0. The standard InChI is InChI=1S/C12H21N5O/c1-3-17-8-15-16-11(17)7-14-12(18)10-5-4-6-13-9(10)2/h8-10,13H,3-7H2,1-2H3,(H,14,18). The molecule has 2 rings (SSSR count). The summed E-state index contributed by atoms with van der Waals surface area (Å²) >= 11 is 0. The lowest BCUT2D eigenvalue weighted by atomic mass is 9.91. The maximum absolute atomic E-state index is 12.1. The first kappa shape index (κ1) is 13.0. The summed E-state index contributed by atoms with van der Waals surface area (Å²) in [5, 5.41) is 14.1. The molecular formula is C12H21N5O. The number of piperidine rings is 1. The molecule has 1 aromatic rings. The molecule has 0 aromatic carbocycles. The fourth-order valence-electron chi connectivity index (χ4n) is 2.38. The minimum atomic E-state index is 0.0664. The van der Waals surface area contributed by atoms with Crippen LogP contribution in [0.1, 0.15) is 32.5 Å². The number of aromatic nitrogens is 3. The van der Waals surface area contributed by atoms with Gasteiger partial charge < -0.3 is 15.2 Å². The Bertz CT molecular complexity index is 403. The third-order valence-electron chi connectivity index (χ3n) is 3.56. The van der Waals surface area contributed by atoms with Gasteiger partial charge in [-0.3, -0.25) is 4.79 Å². The molecule has 1 fully saturated rings. The largest absolute Gasteiger partial charge is 0.349 e. The Hall–Kier alpha value is -1.43. The van der Waals surface area contributed by atoms with Gasteiger partial charge in [-0.25, -0.2) is 0 Å². The Balaban J connectivity index is 1.88. The Morgan fingerprint density at radius 1 is 1.67 bits per heavy atom. The van der Waals surface area contributed by atoms with E-state index in [1.165, 1.54) is 0 Å². The molecule has 100 valence electrons. The lowest BCUT2D eigenvalue weighted by Crippen LogP contribution is -2.46. The Morgan fingerprint density at radius 3 is 3.22 bits per heavy atom. The van der Waals surface area contributed by atoms with Crippen LogP contribution < -0.4 is 10.6 Å². The molecular weight excluding hydrogens is 230 g/mol. The van der Waals surface area contributed by atoms with Crippen LogP contribution in [0.2, 0.25) is 0 Å². The summed E-state index contributed by atoms with van der Waals surface area (Å²) in [5.74, 6) is 0.986. The van der Waals surface area contributed by atoms with Gasteiger partial charge in [0, 0.05) is 12.6 Å². The molecule has 2 N–H and O–H groups in total. The predicted molar refractivity (Wildman–Crippen MR) is 67.7 cm³/mol. The minimum absolute atomic E-state index is 0.0664. The van der Waals surface area contributed by atoms with Crippen molar-refractivity contribution in [3.8, 4) is 0 Å². The molecule has 1 aliphatic heterocycles. The normalized spacial score (nSPS) is 23.9. The van der Waals surface area contributed by atoms with Gasteiger partial charge in [-0.2, -0.15) is 0 Å². The molecule has 0 bridgehead atoms. The second kappa shape index (κ2) is 5.95. The predicted octanol–water partition coefficient (Wildman–Crippen LogP) is 0.302. The van der Waals surface area contributed by atoms with Crippen molar-refractivity contribution in [3.63, 3.8) is 0 Å². The number of nitrogens with zero attached hydrogens (tertiary/aromatic N) is 3. The van der Waals surface area contributed by atoms with Crippen LogP contribution >= 0.6 is 0 Å². The monoisotopic (exact) mass is 251 g/mol. The van der Waals surface area contributed by atoms with Crippen molar-refractivity contribution < 1.29 is 4.79 Å². The molecule has 0 spiro atoms. The molecule has 6 heteroatoms. The van der Waals surface area contributed by atoms with E-state index in [0.29, 0.717) is 6.54 Å². The zero-order valence-corrected chi connectivity index (χ0v) is 11.0. The van der Waals surface area contributed by atoms with Crippen LogP contribution in [-0.2, 0) is 17.9 Å². The summed E-state index contributed by atoms with van der Waals surface area (Å²) in [6.45, 7) is 6.38. The molecule has 0 radical (unpaired) electrons. The maximum Gasteiger partial charge on any atom is 0.225 e. The van der Waals surface area contributed by atoms with Crippen LogP contribution in [0.25, 0.3) is 0 Å². The smallest absolute Gasteiger partial charge is 0.225 e. The van der Waals surface area contributed by atoms with Crippen LogP contribution in [-0.4, -0.2) is 33.3 Å². The fourth-order valence-corrected chi connectivity index (χ4v) is 2.38. The van der Waals surface area contributed by atoms with Crippen LogP contribution in [0.15, 0.2) is 6.33 Å². The van der Waals surface area contributed by atoms with E-state index in [-0.39, 0.29) is 17.9 Å². The van der Waals surface area contributed by atoms with Crippen molar-refractivity contribution in [2.24, 2.45) is 5.92 Å². The van der Waals surface area contributed by atoms with Gasteiger partial charge in [-0.1, -0.05) is 0 Å². The Morgan fingerprint density at radius 2 is 2.50 bits per heavy atom. The number of rotatable bonds is 4. The minimum Gasteiger partial charge on any atom is -0.349 e. The lowest BCUT2D eigenvalue weighted by Gasteiger charge is -2.28. The highest BCUT2D eigenvalue weighted by Gasteiger charge is 2.27. The van der Waals surface area contributed by atoms with Crippen LogP contribution in [0.3, 0.4) is 0 Å².